The lowest BCUT2D eigenvalue weighted by Crippen LogP contribution is -2.46. The summed E-state index contributed by atoms with van der Waals surface area (Å²) in [5.41, 5.74) is 0.981. The van der Waals surface area contributed by atoms with Gasteiger partial charge in [0.25, 0.3) is 0 Å². The van der Waals surface area contributed by atoms with Crippen molar-refractivity contribution in [1.82, 2.24) is 9.62 Å². The summed E-state index contributed by atoms with van der Waals surface area (Å²) in [6.45, 7) is 1.10. The normalized spacial score (nSPS) is 16.4. The Morgan fingerprint density at radius 2 is 1.84 bits per heavy atom. The predicted octanol–water partition coefficient (Wildman–Crippen LogP) is 2.73. The van der Waals surface area contributed by atoms with Gasteiger partial charge in [0.05, 0.1) is 0 Å². The van der Waals surface area contributed by atoms with Gasteiger partial charge in [0.1, 0.15) is 4.21 Å². The van der Waals surface area contributed by atoms with Crippen LogP contribution in [0.5, 0.6) is 0 Å². The summed E-state index contributed by atoms with van der Waals surface area (Å²) in [5.74, 6) is -0.0385. The van der Waals surface area contributed by atoms with E-state index in [4.69, 9.17) is 0 Å². The van der Waals surface area contributed by atoms with Crippen molar-refractivity contribution >= 4 is 33.3 Å². The number of amides is 1. The smallest absolute Gasteiger partial charge is 0.250 e. The number of thiophene rings is 1. The minimum absolute atomic E-state index is 0.0385. The number of sulfonamides is 1. The van der Waals surface area contributed by atoms with Crippen molar-refractivity contribution in [3.05, 3.63) is 59.5 Å². The van der Waals surface area contributed by atoms with E-state index < -0.39 is 10.0 Å². The van der Waals surface area contributed by atoms with Crippen molar-refractivity contribution in [3.63, 3.8) is 0 Å². The second-order valence-corrected chi connectivity index (χ2v) is 8.79. The van der Waals surface area contributed by atoms with Gasteiger partial charge < -0.3 is 4.90 Å². The first-order chi connectivity index (χ1) is 12.0. The molecule has 1 aliphatic heterocycles. The van der Waals surface area contributed by atoms with Gasteiger partial charge in [-0.3, -0.25) is 4.79 Å². The van der Waals surface area contributed by atoms with Crippen LogP contribution in [-0.2, 0) is 14.8 Å². The molecule has 0 aliphatic carbocycles. The van der Waals surface area contributed by atoms with Crippen LogP contribution in [0.3, 0.4) is 0 Å². The van der Waals surface area contributed by atoms with E-state index in [9.17, 15) is 13.2 Å². The molecule has 1 N–H and O–H groups in total. The van der Waals surface area contributed by atoms with Crippen LogP contribution in [-0.4, -0.2) is 38.4 Å². The first kappa shape index (κ1) is 17.8. The topological polar surface area (TPSA) is 66.5 Å². The molecule has 0 bridgehead atoms. The largest absolute Gasteiger partial charge is 0.339 e. The standard InChI is InChI=1S/C18H20N2O3S2/c21-17(9-8-15-5-2-1-3-6-15)20-12-10-16(11-13-20)19-25(22,23)18-7-4-14-24-18/h1-9,14,16,19H,10-13H2/b9-8+. The Morgan fingerprint density at radius 3 is 2.48 bits per heavy atom. The summed E-state index contributed by atoms with van der Waals surface area (Å²) in [6, 6.07) is 12.9. The number of hydrogen-bond donors (Lipinski definition) is 1. The van der Waals surface area contributed by atoms with Crippen molar-refractivity contribution in [2.24, 2.45) is 0 Å². The minimum atomic E-state index is -3.45. The molecule has 1 amide bonds. The van der Waals surface area contributed by atoms with Crippen molar-refractivity contribution in [3.8, 4) is 0 Å². The zero-order valence-electron chi connectivity index (χ0n) is 13.7. The SMILES string of the molecule is O=C(/C=C/c1ccccc1)N1CCC(NS(=O)(=O)c2cccs2)CC1. The van der Waals surface area contributed by atoms with E-state index in [1.807, 2.05) is 30.3 Å². The summed E-state index contributed by atoms with van der Waals surface area (Å²) < 4.78 is 27.6. The number of nitrogens with one attached hydrogen (secondary N) is 1. The lowest BCUT2D eigenvalue weighted by atomic mass is 10.1. The highest BCUT2D eigenvalue weighted by Gasteiger charge is 2.26. The molecule has 3 rings (SSSR count). The molecule has 2 heterocycles. The van der Waals surface area contributed by atoms with Gasteiger partial charge in [-0.2, -0.15) is 0 Å². The maximum absolute atomic E-state index is 12.3. The van der Waals surface area contributed by atoms with E-state index in [2.05, 4.69) is 4.72 Å². The molecule has 1 aliphatic rings. The molecule has 1 aromatic carbocycles. The highest BCUT2D eigenvalue weighted by atomic mass is 32.2. The fourth-order valence-corrected chi connectivity index (χ4v) is 5.06. The molecule has 0 spiro atoms. The fraction of sp³-hybridized carbons (Fsp3) is 0.278. The Labute approximate surface area is 152 Å². The lowest BCUT2D eigenvalue weighted by Gasteiger charge is -2.31. The molecular formula is C18H20N2O3S2. The average Bonchev–Trinajstić information content (AvgIpc) is 3.17. The molecule has 0 radical (unpaired) electrons. The van der Waals surface area contributed by atoms with Gasteiger partial charge in [0.2, 0.25) is 15.9 Å². The number of rotatable bonds is 5. The Morgan fingerprint density at radius 1 is 1.12 bits per heavy atom. The molecule has 0 saturated carbocycles. The van der Waals surface area contributed by atoms with Crippen molar-refractivity contribution < 1.29 is 13.2 Å². The van der Waals surface area contributed by atoms with E-state index in [0.717, 1.165) is 5.56 Å². The predicted molar refractivity (Wildman–Crippen MR) is 99.7 cm³/mol. The monoisotopic (exact) mass is 376 g/mol. The molecule has 5 nitrogen and oxygen atoms in total. The first-order valence-electron chi connectivity index (χ1n) is 8.12. The van der Waals surface area contributed by atoms with Gasteiger partial charge in [0, 0.05) is 25.2 Å². The second kappa shape index (κ2) is 7.95. The number of hydrogen-bond acceptors (Lipinski definition) is 4. The summed E-state index contributed by atoms with van der Waals surface area (Å²) in [6.07, 6.45) is 4.62. The first-order valence-corrected chi connectivity index (χ1v) is 10.5. The van der Waals surface area contributed by atoms with Crippen LogP contribution in [0.2, 0.25) is 0 Å². The van der Waals surface area contributed by atoms with E-state index in [1.165, 1.54) is 11.3 Å². The quantitative estimate of drug-likeness (QED) is 0.816. The fourth-order valence-electron chi connectivity index (χ4n) is 2.75. The van der Waals surface area contributed by atoms with Gasteiger partial charge >= 0.3 is 0 Å². The minimum Gasteiger partial charge on any atom is -0.339 e. The number of nitrogens with zero attached hydrogens (tertiary/aromatic N) is 1. The van der Waals surface area contributed by atoms with E-state index in [1.54, 1.807) is 34.6 Å². The number of likely N-dealkylation sites (tertiary alicyclic amines) is 1. The van der Waals surface area contributed by atoms with Crippen LogP contribution in [0.4, 0.5) is 0 Å². The summed E-state index contributed by atoms with van der Waals surface area (Å²) in [7, 11) is -3.45. The third-order valence-corrected chi connectivity index (χ3v) is 7.02. The zero-order chi connectivity index (χ0) is 17.7. The maximum Gasteiger partial charge on any atom is 0.250 e. The van der Waals surface area contributed by atoms with Gasteiger partial charge in [-0.1, -0.05) is 36.4 Å². The highest BCUT2D eigenvalue weighted by Crippen LogP contribution is 2.19. The number of piperidine rings is 1. The van der Waals surface area contributed by atoms with Crippen LogP contribution in [0.15, 0.2) is 58.1 Å². The Hall–Kier alpha value is -1.96. The molecule has 7 heteroatoms. The third-order valence-electron chi connectivity index (χ3n) is 4.11. The Bertz CT molecular complexity index is 822. The number of carbonyl (C=O) groups is 1. The van der Waals surface area contributed by atoms with Crippen LogP contribution in [0.1, 0.15) is 18.4 Å². The van der Waals surface area contributed by atoms with Crippen molar-refractivity contribution in [1.29, 1.82) is 0 Å². The van der Waals surface area contributed by atoms with Gasteiger partial charge in [-0.25, -0.2) is 13.1 Å². The lowest BCUT2D eigenvalue weighted by molar-refractivity contribution is -0.126. The summed E-state index contributed by atoms with van der Waals surface area (Å²) >= 11 is 1.20. The average molecular weight is 377 g/mol. The molecular weight excluding hydrogens is 356 g/mol. The second-order valence-electron chi connectivity index (χ2n) is 5.90. The molecule has 0 atom stereocenters. The molecule has 1 fully saturated rings. The molecule has 132 valence electrons. The van der Waals surface area contributed by atoms with Gasteiger partial charge in [-0.15, -0.1) is 11.3 Å². The maximum atomic E-state index is 12.3. The van der Waals surface area contributed by atoms with Crippen molar-refractivity contribution in [2.75, 3.05) is 13.1 Å². The molecule has 2 aromatic rings. The molecule has 0 unspecified atom stereocenters. The summed E-state index contributed by atoms with van der Waals surface area (Å²) in [5, 5.41) is 1.74. The van der Waals surface area contributed by atoms with E-state index in [-0.39, 0.29) is 11.9 Å². The van der Waals surface area contributed by atoms with Crippen LogP contribution in [0.25, 0.3) is 6.08 Å². The Kier molecular flexibility index (Phi) is 5.67. The van der Waals surface area contributed by atoms with Crippen molar-refractivity contribution in [2.45, 2.75) is 23.1 Å². The van der Waals surface area contributed by atoms with Crippen LogP contribution < -0.4 is 4.72 Å². The van der Waals surface area contributed by atoms with Gasteiger partial charge in [0.15, 0.2) is 0 Å². The van der Waals surface area contributed by atoms with E-state index >= 15 is 0 Å². The zero-order valence-corrected chi connectivity index (χ0v) is 15.3. The Balaban J connectivity index is 1.52. The summed E-state index contributed by atoms with van der Waals surface area (Å²) in [4.78, 5) is 14.0. The van der Waals surface area contributed by atoms with E-state index in [0.29, 0.717) is 30.1 Å². The molecule has 1 aromatic heterocycles. The van der Waals surface area contributed by atoms with Crippen LogP contribution in [0, 0.1) is 0 Å². The molecule has 1 saturated heterocycles. The van der Waals surface area contributed by atoms with Gasteiger partial charge in [-0.05, 0) is 35.9 Å². The highest BCUT2D eigenvalue weighted by molar-refractivity contribution is 7.91. The molecule has 25 heavy (non-hydrogen) atoms. The third kappa shape index (κ3) is 4.78. The number of carbonyl (C=O) groups excluding carboxylic acids is 1. The number of benzene rings is 1. The van der Waals surface area contributed by atoms with Crippen LogP contribution >= 0.6 is 11.3 Å².